The van der Waals surface area contributed by atoms with Crippen LogP contribution in [0.5, 0.6) is 0 Å². The van der Waals surface area contributed by atoms with Gasteiger partial charge in [0.25, 0.3) is 5.91 Å². The van der Waals surface area contributed by atoms with Crippen molar-refractivity contribution in [3.05, 3.63) is 132 Å². The number of benzene rings is 4. The van der Waals surface area contributed by atoms with E-state index in [1.165, 1.54) is 0 Å². The Morgan fingerprint density at radius 1 is 0.744 bits per heavy atom. The average molecular weight is 519 g/mol. The normalized spacial score (nSPS) is 15.6. The average Bonchev–Trinajstić information content (AvgIpc) is 3.46. The van der Waals surface area contributed by atoms with Crippen LogP contribution in [0.25, 0.3) is 11.1 Å². The van der Waals surface area contributed by atoms with Crippen molar-refractivity contribution in [1.29, 1.82) is 0 Å². The highest BCUT2D eigenvalue weighted by atomic mass is 16.3. The number of ketones is 1. The van der Waals surface area contributed by atoms with Crippen molar-refractivity contribution in [2.75, 3.05) is 13.1 Å². The van der Waals surface area contributed by atoms with E-state index < -0.39 is 23.5 Å². The molecule has 4 aromatic rings. The van der Waals surface area contributed by atoms with Gasteiger partial charge in [0.05, 0.1) is 12.6 Å². The van der Waals surface area contributed by atoms with Crippen LogP contribution < -0.4 is 5.32 Å². The van der Waals surface area contributed by atoms with Crippen molar-refractivity contribution in [2.45, 2.75) is 24.5 Å². The van der Waals surface area contributed by atoms with Gasteiger partial charge >= 0.3 is 0 Å². The van der Waals surface area contributed by atoms with E-state index in [0.29, 0.717) is 29.7 Å². The van der Waals surface area contributed by atoms with Crippen molar-refractivity contribution in [2.24, 2.45) is 0 Å². The summed E-state index contributed by atoms with van der Waals surface area (Å²) in [5.74, 6) is -1.43. The minimum Gasteiger partial charge on any atom is -0.372 e. The topological polar surface area (TPSA) is 86.7 Å². The zero-order valence-electron chi connectivity index (χ0n) is 21.5. The van der Waals surface area contributed by atoms with Crippen molar-refractivity contribution in [1.82, 2.24) is 10.2 Å². The summed E-state index contributed by atoms with van der Waals surface area (Å²) < 4.78 is 0. The van der Waals surface area contributed by atoms with Gasteiger partial charge in [-0.15, -0.1) is 0 Å². The zero-order chi connectivity index (χ0) is 27.2. The molecule has 4 aromatic carbocycles. The molecular formula is C33H30N2O4. The smallest absolute Gasteiger partial charge is 0.267 e. The maximum Gasteiger partial charge on any atom is 0.267 e. The summed E-state index contributed by atoms with van der Waals surface area (Å²) in [6.07, 6.45) is 1.25. The molecule has 0 aromatic heterocycles. The SMILES string of the molecule is O=C(CN1CCC[C@H]1C(=O)NC(=O)C(O)(c1ccccc1)c1ccccc1)c1ccc(-c2ccccc2)cc1. The molecule has 1 atom stereocenters. The van der Waals surface area contributed by atoms with Crippen LogP contribution in [0.2, 0.25) is 0 Å². The predicted octanol–water partition coefficient (Wildman–Crippen LogP) is 4.58. The lowest BCUT2D eigenvalue weighted by Gasteiger charge is -2.29. The molecule has 1 saturated heterocycles. The van der Waals surface area contributed by atoms with E-state index in [0.717, 1.165) is 17.5 Å². The molecule has 1 heterocycles. The van der Waals surface area contributed by atoms with E-state index in [2.05, 4.69) is 5.32 Å². The van der Waals surface area contributed by atoms with Gasteiger partial charge in [-0.05, 0) is 41.6 Å². The maximum atomic E-state index is 13.5. The summed E-state index contributed by atoms with van der Waals surface area (Å²) >= 11 is 0. The number of Topliss-reactive ketones (excluding diaryl/α,β-unsaturated/α-hetero) is 1. The molecule has 1 fully saturated rings. The second-order valence-corrected chi connectivity index (χ2v) is 9.76. The van der Waals surface area contributed by atoms with Crippen molar-refractivity contribution >= 4 is 17.6 Å². The van der Waals surface area contributed by atoms with Gasteiger partial charge in [0, 0.05) is 5.56 Å². The van der Waals surface area contributed by atoms with Crippen LogP contribution in [0, 0.1) is 0 Å². The second-order valence-electron chi connectivity index (χ2n) is 9.76. The number of rotatable bonds is 8. The highest BCUT2D eigenvalue weighted by Crippen LogP contribution is 2.30. The standard InChI is InChI=1S/C33H30N2O4/c36-30(26-20-18-25(19-21-26)24-11-4-1-5-12-24)23-35-22-10-17-29(35)31(37)34-32(38)33(39,27-13-6-2-7-14-27)28-15-8-3-9-16-28/h1-9,11-16,18-21,29,39H,10,17,22-23H2,(H,34,37,38)/t29-/m0/s1. The molecule has 6 heteroatoms. The molecule has 0 saturated carbocycles. The summed E-state index contributed by atoms with van der Waals surface area (Å²) in [5, 5.41) is 14.1. The van der Waals surface area contributed by atoms with Crippen LogP contribution in [-0.2, 0) is 15.2 Å². The number of nitrogens with one attached hydrogen (secondary N) is 1. The largest absolute Gasteiger partial charge is 0.372 e. The number of imide groups is 1. The molecule has 5 rings (SSSR count). The molecule has 0 aliphatic carbocycles. The lowest BCUT2D eigenvalue weighted by Crippen LogP contribution is -2.53. The maximum absolute atomic E-state index is 13.5. The third-order valence-electron chi connectivity index (χ3n) is 7.28. The quantitative estimate of drug-likeness (QED) is 0.334. The molecular weight excluding hydrogens is 488 g/mol. The Bertz CT molecular complexity index is 1400. The van der Waals surface area contributed by atoms with Crippen LogP contribution >= 0.6 is 0 Å². The molecule has 6 nitrogen and oxygen atoms in total. The first-order chi connectivity index (χ1) is 19.0. The zero-order valence-corrected chi connectivity index (χ0v) is 21.5. The number of aliphatic hydroxyl groups is 1. The fraction of sp³-hybridized carbons (Fsp3) is 0.182. The molecule has 1 aliphatic rings. The number of carbonyl (C=O) groups is 3. The van der Waals surface area contributed by atoms with Gasteiger partial charge in [-0.25, -0.2) is 0 Å². The Morgan fingerprint density at radius 3 is 1.82 bits per heavy atom. The highest BCUT2D eigenvalue weighted by molar-refractivity contribution is 6.04. The summed E-state index contributed by atoms with van der Waals surface area (Å²) in [7, 11) is 0. The first-order valence-electron chi connectivity index (χ1n) is 13.1. The Kier molecular flexibility index (Phi) is 7.77. The third-order valence-corrected chi connectivity index (χ3v) is 7.28. The van der Waals surface area contributed by atoms with Gasteiger partial charge in [0.1, 0.15) is 0 Å². The summed E-state index contributed by atoms with van der Waals surface area (Å²) in [5.41, 5.74) is 1.34. The van der Waals surface area contributed by atoms with E-state index in [-0.39, 0.29) is 12.3 Å². The lowest BCUT2D eigenvalue weighted by atomic mass is 9.85. The van der Waals surface area contributed by atoms with Crippen LogP contribution in [0.4, 0.5) is 0 Å². The van der Waals surface area contributed by atoms with Crippen LogP contribution in [0.1, 0.15) is 34.3 Å². The Balaban J connectivity index is 1.28. The van der Waals surface area contributed by atoms with Crippen LogP contribution in [0.15, 0.2) is 115 Å². The molecule has 0 spiro atoms. The van der Waals surface area contributed by atoms with E-state index in [1.54, 1.807) is 77.7 Å². The first kappa shape index (κ1) is 26.2. The Labute approximate surface area is 227 Å². The fourth-order valence-electron chi connectivity index (χ4n) is 5.14. The monoisotopic (exact) mass is 518 g/mol. The molecule has 0 radical (unpaired) electrons. The molecule has 1 aliphatic heterocycles. The second kappa shape index (κ2) is 11.6. The minimum atomic E-state index is -2.04. The summed E-state index contributed by atoms with van der Waals surface area (Å²) in [4.78, 5) is 41.7. The number of nitrogens with zero attached hydrogens (tertiary/aromatic N) is 1. The summed E-state index contributed by atoms with van der Waals surface area (Å²) in [6.45, 7) is 0.639. The minimum absolute atomic E-state index is 0.0681. The Hall–Kier alpha value is -4.39. The number of likely N-dealkylation sites (tertiary alicyclic amines) is 1. The number of amides is 2. The van der Waals surface area contributed by atoms with Crippen molar-refractivity contribution in [3.63, 3.8) is 0 Å². The fourth-order valence-corrected chi connectivity index (χ4v) is 5.14. The van der Waals surface area contributed by atoms with Crippen LogP contribution in [0.3, 0.4) is 0 Å². The molecule has 196 valence electrons. The number of hydrogen-bond acceptors (Lipinski definition) is 5. The number of hydrogen-bond donors (Lipinski definition) is 2. The molecule has 2 amide bonds. The highest BCUT2D eigenvalue weighted by Gasteiger charge is 2.42. The van der Waals surface area contributed by atoms with E-state index in [1.807, 2.05) is 42.5 Å². The molecule has 2 N–H and O–H groups in total. The lowest BCUT2D eigenvalue weighted by molar-refractivity contribution is -0.142. The van der Waals surface area contributed by atoms with Crippen molar-refractivity contribution < 1.29 is 19.5 Å². The van der Waals surface area contributed by atoms with Gasteiger partial charge < -0.3 is 5.11 Å². The van der Waals surface area contributed by atoms with E-state index in [4.69, 9.17) is 0 Å². The van der Waals surface area contributed by atoms with Gasteiger partial charge in [0.2, 0.25) is 5.91 Å². The third kappa shape index (κ3) is 5.58. The first-order valence-corrected chi connectivity index (χ1v) is 13.1. The van der Waals surface area contributed by atoms with Gasteiger partial charge in [-0.1, -0.05) is 115 Å². The van der Waals surface area contributed by atoms with E-state index in [9.17, 15) is 19.5 Å². The van der Waals surface area contributed by atoms with Gasteiger partial charge in [-0.2, -0.15) is 0 Å². The molecule has 0 bridgehead atoms. The van der Waals surface area contributed by atoms with Gasteiger partial charge in [0.15, 0.2) is 11.4 Å². The van der Waals surface area contributed by atoms with E-state index >= 15 is 0 Å². The number of carbonyl (C=O) groups excluding carboxylic acids is 3. The van der Waals surface area contributed by atoms with Gasteiger partial charge in [-0.3, -0.25) is 24.6 Å². The summed E-state index contributed by atoms with van der Waals surface area (Å²) in [6, 6.07) is 33.9. The Morgan fingerprint density at radius 2 is 1.26 bits per heavy atom. The van der Waals surface area contributed by atoms with Crippen LogP contribution in [-0.4, -0.2) is 46.7 Å². The molecule has 39 heavy (non-hydrogen) atoms. The molecule has 0 unspecified atom stereocenters. The predicted molar refractivity (Wildman–Crippen MR) is 150 cm³/mol. The van der Waals surface area contributed by atoms with Crippen molar-refractivity contribution in [3.8, 4) is 11.1 Å².